The summed E-state index contributed by atoms with van der Waals surface area (Å²) in [5, 5.41) is 2.23. The molecule has 8 heteroatoms. The van der Waals surface area contributed by atoms with E-state index in [1.165, 1.54) is 16.7 Å². The topological polar surface area (TPSA) is 59.3 Å². The van der Waals surface area contributed by atoms with Gasteiger partial charge in [0.25, 0.3) is 0 Å². The van der Waals surface area contributed by atoms with Crippen LogP contribution in [0.5, 0.6) is 11.5 Å². The zero-order chi connectivity index (χ0) is 35.4. The van der Waals surface area contributed by atoms with Crippen LogP contribution >= 0.6 is 0 Å². The van der Waals surface area contributed by atoms with Gasteiger partial charge in [0.15, 0.2) is 0 Å². The van der Waals surface area contributed by atoms with Crippen molar-refractivity contribution >= 4 is 44.8 Å². The molecule has 0 N–H and O–H groups in total. The van der Waals surface area contributed by atoms with E-state index in [0.717, 1.165) is 50.6 Å². The second-order valence-electron chi connectivity index (χ2n) is 14.8. The first-order chi connectivity index (χ1) is 24.6. The first-order valence-electron chi connectivity index (χ1n) is 17.6. The minimum atomic E-state index is -0.0126. The number of aromatic nitrogens is 4. The van der Waals surface area contributed by atoms with Gasteiger partial charge in [0.1, 0.15) is 17.5 Å². The van der Waals surface area contributed by atoms with Crippen LogP contribution in [0.4, 0.5) is 23.0 Å². The maximum absolute atomic E-state index is 6.51. The summed E-state index contributed by atoms with van der Waals surface area (Å²) in [6, 6.07) is 36.1. The van der Waals surface area contributed by atoms with Crippen molar-refractivity contribution in [1.82, 2.24) is 19.5 Å². The fraction of sp³-hybridized carbons (Fsp3) is 0.227. The van der Waals surface area contributed by atoms with Crippen LogP contribution in [-0.4, -0.2) is 19.5 Å². The second-order valence-corrected chi connectivity index (χ2v) is 14.8. The summed E-state index contributed by atoms with van der Waals surface area (Å²) >= 11 is 0. The van der Waals surface area contributed by atoms with Crippen LogP contribution in [0, 0.1) is 18.8 Å². The molecular weight excluding hydrogens is 824 g/mol. The average Bonchev–Trinajstić information content (AvgIpc) is 3.67. The van der Waals surface area contributed by atoms with Crippen molar-refractivity contribution in [2.45, 2.75) is 65.7 Å². The largest absolute Gasteiger partial charge is 0.509 e. The SMILES string of the molecule is CC(C)c1cnc(N2[CH-]N(c3[c-]c(Oc4[c-]c5c(cc4)c4ccccc4n5-c4cc(C(C)(C)C)ccn4)ccc3)c3cccnc32)c(C(C)C)c1.[Pt]. The smallest absolute Gasteiger partial charge is 0.135 e. The molecule has 0 saturated carbocycles. The molecule has 0 radical (unpaired) electrons. The summed E-state index contributed by atoms with van der Waals surface area (Å²) in [6.45, 7) is 17.5. The molecule has 0 saturated heterocycles. The molecule has 8 rings (SSSR count). The van der Waals surface area contributed by atoms with Gasteiger partial charge in [-0.15, -0.1) is 48.1 Å². The molecular formula is C44H41N6OPt-3. The number of para-hydroxylation sites is 1. The summed E-state index contributed by atoms with van der Waals surface area (Å²) in [5.74, 6) is 4.41. The van der Waals surface area contributed by atoms with Gasteiger partial charge in [-0.25, -0.2) is 15.0 Å². The van der Waals surface area contributed by atoms with Crippen LogP contribution in [-0.2, 0) is 26.5 Å². The molecule has 7 nitrogen and oxygen atoms in total. The van der Waals surface area contributed by atoms with E-state index < -0.39 is 0 Å². The number of rotatable bonds is 7. The van der Waals surface area contributed by atoms with Crippen molar-refractivity contribution < 1.29 is 25.8 Å². The van der Waals surface area contributed by atoms with Gasteiger partial charge in [0, 0.05) is 56.7 Å². The Hall–Kier alpha value is -5.00. The summed E-state index contributed by atoms with van der Waals surface area (Å²) in [7, 11) is 0. The van der Waals surface area contributed by atoms with Crippen LogP contribution < -0.4 is 14.5 Å². The van der Waals surface area contributed by atoms with Crippen LogP contribution in [0.2, 0.25) is 0 Å². The Morgan fingerprint density at radius 1 is 0.712 bits per heavy atom. The second kappa shape index (κ2) is 13.9. The number of fused-ring (bicyclic) bond motifs is 4. The van der Waals surface area contributed by atoms with Crippen LogP contribution in [0.3, 0.4) is 0 Å². The number of benzene rings is 3. The molecule has 52 heavy (non-hydrogen) atoms. The molecule has 0 atom stereocenters. The van der Waals surface area contributed by atoms with Crippen molar-refractivity contribution in [2.24, 2.45) is 0 Å². The molecule has 266 valence electrons. The van der Waals surface area contributed by atoms with E-state index in [-0.39, 0.29) is 32.4 Å². The molecule has 3 aromatic carbocycles. The van der Waals surface area contributed by atoms with Gasteiger partial charge in [0.2, 0.25) is 0 Å². The number of hydrogen-bond donors (Lipinski definition) is 0. The number of hydrogen-bond acceptors (Lipinski definition) is 6. The molecule has 0 fully saturated rings. The molecule has 1 aliphatic rings. The van der Waals surface area contributed by atoms with E-state index in [4.69, 9.17) is 19.7 Å². The first kappa shape index (κ1) is 35.4. The maximum Gasteiger partial charge on any atom is 0.135 e. The molecule has 0 spiro atoms. The van der Waals surface area contributed by atoms with Crippen LogP contribution in [0.15, 0.2) is 104 Å². The third-order valence-electron chi connectivity index (χ3n) is 9.55. The number of ether oxygens (including phenoxy) is 1. The quantitative estimate of drug-likeness (QED) is 0.149. The van der Waals surface area contributed by atoms with E-state index in [9.17, 15) is 0 Å². The Labute approximate surface area is 320 Å². The van der Waals surface area contributed by atoms with Crippen molar-refractivity contribution in [3.05, 3.63) is 139 Å². The minimum absolute atomic E-state index is 0. The van der Waals surface area contributed by atoms with Gasteiger partial charge in [0.05, 0.1) is 5.69 Å². The van der Waals surface area contributed by atoms with Crippen LogP contribution in [0.25, 0.3) is 27.6 Å². The van der Waals surface area contributed by atoms with Gasteiger partial charge in [-0.1, -0.05) is 78.2 Å². The first-order valence-corrected chi connectivity index (χ1v) is 17.6. The Morgan fingerprint density at radius 3 is 2.31 bits per heavy atom. The Morgan fingerprint density at radius 2 is 1.52 bits per heavy atom. The van der Waals surface area contributed by atoms with E-state index in [1.807, 2.05) is 55.6 Å². The predicted molar refractivity (Wildman–Crippen MR) is 207 cm³/mol. The van der Waals surface area contributed by atoms with Gasteiger partial charge in [-0.2, -0.15) is 12.1 Å². The Kier molecular flexibility index (Phi) is 9.43. The van der Waals surface area contributed by atoms with Gasteiger partial charge < -0.3 is 19.1 Å². The molecule has 7 aromatic rings. The van der Waals surface area contributed by atoms with E-state index in [1.54, 1.807) is 0 Å². The predicted octanol–water partition coefficient (Wildman–Crippen LogP) is 11.3. The fourth-order valence-corrected chi connectivity index (χ4v) is 6.71. The molecule has 4 aromatic heterocycles. The number of nitrogens with zero attached hydrogens (tertiary/aromatic N) is 6. The molecule has 0 unspecified atom stereocenters. The Balaban J connectivity index is 0.00000420. The van der Waals surface area contributed by atoms with E-state index in [0.29, 0.717) is 17.4 Å². The third-order valence-corrected chi connectivity index (χ3v) is 9.55. The minimum Gasteiger partial charge on any atom is -0.509 e. The number of anilines is 4. The zero-order valence-electron chi connectivity index (χ0n) is 30.5. The van der Waals surface area contributed by atoms with E-state index >= 15 is 0 Å². The van der Waals surface area contributed by atoms with E-state index in [2.05, 4.69) is 130 Å². The van der Waals surface area contributed by atoms with Crippen molar-refractivity contribution in [1.29, 1.82) is 0 Å². The molecule has 5 heterocycles. The van der Waals surface area contributed by atoms with Crippen LogP contribution in [0.1, 0.15) is 77.0 Å². The standard InChI is InChI=1S/C44H41N6O.Pt/c1-28(2)30-22-37(29(3)4)42(47-26-30)49-27-48(39-16-11-20-46-43(39)49)32-12-10-13-33(24-32)51-34-17-18-36-35-14-8-9-15-38(35)50(40(36)25-34)41-23-31(19-21-45-41)44(5,6)7;/h8-23,26-29H,1-7H3;/q-3;. The molecule has 1 aliphatic heterocycles. The molecule has 0 bridgehead atoms. The Bertz CT molecular complexity index is 2410. The summed E-state index contributed by atoms with van der Waals surface area (Å²) < 4.78 is 8.69. The van der Waals surface area contributed by atoms with Crippen molar-refractivity contribution in [2.75, 3.05) is 9.80 Å². The third kappa shape index (κ3) is 6.36. The zero-order valence-corrected chi connectivity index (χ0v) is 32.7. The van der Waals surface area contributed by atoms with Crippen molar-refractivity contribution in [3.63, 3.8) is 0 Å². The summed E-state index contributed by atoms with van der Waals surface area (Å²) in [4.78, 5) is 18.8. The maximum atomic E-state index is 6.51. The van der Waals surface area contributed by atoms with Gasteiger partial charge in [-0.3, -0.25) is 0 Å². The van der Waals surface area contributed by atoms with Gasteiger partial charge in [-0.05, 0) is 69.7 Å². The number of pyridine rings is 3. The average molecular weight is 865 g/mol. The monoisotopic (exact) mass is 864 g/mol. The summed E-state index contributed by atoms with van der Waals surface area (Å²) in [6.07, 6.45) is 5.70. The summed E-state index contributed by atoms with van der Waals surface area (Å²) in [5.41, 5.74) is 7.36. The van der Waals surface area contributed by atoms with Crippen molar-refractivity contribution in [3.8, 4) is 17.3 Å². The van der Waals surface area contributed by atoms with Gasteiger partial charge >= 0.3 is 0 Å². The normalized spacial score (nSPS) is 12.9. The fourth-order valence-electron chi connectivity index (χ4n) is 6.71. The molecule has 0 aliphatic carbocycles. The molecule has 0 amide bonds.